The summed E-state index contributed by atoms with van der Waals surface area (Å²) in [5.74, 6) is 0.155. The zero-order chi connectivity index (χ0) is 17.2. The van der Waals surface area contributed by atoms with E-state index in [-0.39, 0.29) is 17.9 Å². The average molecular weight is 338 g/mol. The SMILES string of the molecule is O=C(NC1CCN(C(=O)c2ccco2)CC1)c1ccc2nc[nH]c2c1. The Labute approximate surface area is 144 Å². The molecule has 1 saturated heterocycles. The van der Waals surface area contributed by atoms with E-state index in [9.17, 15) is 9.59 Å². The molecule has 1 aliphatic heterocycles. The summed E-state index contributed by atoms with van der Waals surface area (Å²) in [6, 6.07) is 8.83. The number of benzene rings is 1. The fraction of sp³-hybridized carbons (Fsp3) is 0.278. The van der Waals surface area contributed by atoms with Crippen LogP contribution in [-0.2, 0) is 0 Å². The summed E-state index contributed by atoms with van der Waals surface area (Å²) < 4.78 is 5.16. The first-order valence-corrected chi connectivity index (χ1v) is 8.27. The summed E-state index contributed by atoms with van der Waals surface area (Å²) >= 11 is 0. The van der Waals surface area contributed by atoms with Crippen LogP contribution in [0.2, 0.25) is 0 Å². The van der Waals surface area contributed by atoms with Gasteiger partial charge >= 0.3 is 0 Å². The molecule has 1 fully saturated rings. The van der Waals surface area contributed by atoms with Crippen LogP contribution in [0.3, 0.4) is 0 Å². The molecule has 1 aromatic carbocycles. The number of piperidine rings is 1. The lowest BCUT2D eigenvalue weighted by molar-refractivity contribution is 0.0667. The largest absolute Gasteiger partial charge is 0.459 e. The predicted molar refractivity (Wildman–Crippen MR) is 91.2 cm³/mol. The molecule has 0 aliphatic carbocycles. The van der Waals surface area contributed by atoms with E-state index in [1.54, 1.807) is 35.5 Å². The van der Waals surface area contributed by atoms with Crippen molar-refractivity contribution in [3.63, 3.8) is 0 Å². The molecular formula is C18H18N4O3. The minimum absolute atomic E-state index is 0.0608. The number of furan rings is 1. The third kappa shape index (κ3) is 3.13. The van der Waals surface area contributed by atoms with E-state index in [2.05, 4.69) is 15.3 Å². The molecule has 3 aromatic rings. The Kier molecular flexibility index (Phi) is 3.97. The molecular weight excluding hydrogens is 320 g/mol. The highest BCUT2D eigenvalue weighted by Gasteiger charge is 2.26. The Morgan fingerprint density at radius 3 is 2.84 bits per heavy atom. The number of H-pyrrole nitrogens is 1. The number of imidazole rings is 1. The zero-order valence-corrected chi connectivity index (χ0v) is 13.6. The van der Waals surface area contributed by atoms with Crippen LogP contribution in [0.4, 0.5) is 0 Å². The van der Waals surface area contributed by atoms with E-state index in [0.29, 0.717) is 24.4 Å². The molecule has 0 atom stereocenters. The average Bonchev–Trinajstić information content (AvgIpc) is 3.32. The van der Waals surface area contributed by atoms with Gasteiger partial charge in [-0.15, -0.1) is 0 Å². The lowest BCUT2D eigenvalue weighted by Crippen LogP contribution is -2.46. The quantitative estimate of drug-likeness (QED) is 0.766. The predicted octanol–water partition coefficient (Wildman–Crippen LogP) is 2.19. The Bertz CT molecular complexity index is 892. The summed E-state index contributed by atoms with van der Waals surface area (Å²) in [5, 5.41) is 3.05. The van der Waals surface area contributed by atoms with Gasteiger partial charge in [0.15, 0.2) is 5.76 Å². The first-order chi connectivity index (χ1) is 12.2. The van der Waals surface area contributed by atoms with Gasteiger partial charge < -0.3 is 19.6 Å². The van der Waals surface area contributed by atoms with Crippen LogP contribution in [-0.4, -0.2) is 45.8 Å². The molecule has 0 spiro atoms. The molecule has 2 aromatic heterocycles. The highest BCUT2D eigenvalue weighted by molar-refractivity contribution is 5.97. The number of hydrogen-bond donors (Lipinski definition) is 2. The molecule has 4 rings (SSSR count). The van der Waals surface area contributed by atoms with Crippen molar-refractivity contribution in [3.8, 4) is 0 Å². The number of nitrogens with zero attached hydrogens (tertiary/aromatic N) is 2. The van der Waals surface area contributed by atoms with Crippen molar-refractivity contribution in [1.82, 2.24) is 20.2 Å². The summed E-state index contributed by atoms with van der Waals surface area (Å²) in [5.41, 5.74) is 2.28. The Morgan fingerprint density at radius 1 is 1.24 bits per heavy atom. The minimum Gasteiger partial charge on any atom is -0.459 e. The third-order valence-corrected chi connectivity index (χ3v) is 4.53. The van der Waals surface area contributed by atoms with Gasteiger partial charge in [-0.2, -0.15) is 0 Å². The molecule has 2 N–H and O–H groups in total. The number of nitrogens with one attached hydrogen (secondary N) is 2. The summed E-state index contributed by atoms with van der Waals surface area (Å²) in [6.45, 7) is 1.20. The Hall–Kier alpha value is -3.09. The van der Waals surface area contributed by atoms with Crippen molar-refractivity contribution >= 4 is 22.8 Å². The molecule has 0 saturated carbocycles. The van der Waals surface area contributed by atoms with E-state index < -0.39 is 0 Å². The number of amides is 2. The van der Waals surface area contributed by atoms with Crippen LogP contribution in [0.15, 0.2) is 47.3 Å². The fourth-order valence-corrected chi connectivity index (χ4v) is 3.13. The molecule has 1 aliphatic rings. The van der Waals surface area contributed by atoms with Crippen LogP contribution in [0.1, 0.15) is 33.8 Å². The molecule has 128 valence electrons. The molecule has 7 heteroatoms. The van der Waals surface area contributed by atoms with Crippen molar-refractivity contribution in [3.05, 3.63) is 54.2 Å². The second-order valence-electron chi connectivity index (χ2n) is 6.15. The molecule has 25 heavy (non-hydrogen) atoms. The number of fused-ring (bicyclic) bond motifs is 1. The van der Waals surface area contributed by atoms with Crippen LogP contribution in [0.5, 0.6) is 0 Å². The molecule has 7 nitrogen and oxygen atoms in total. The van der Waals surface area contributed by atoms with E-state index in [1.165, 1.54) is 6.26 Å². The van der Waals surface area contributed by atoms with Gasteiger partial charge in [0.1, 0.15) is 0 Å². The van der Waals surface area contributed by atoms with Gasteiger partial charge in [-0.3, -0.25) is 9.59 Å². The highest BCUT2D eigenvalue weighted by Crippen LogP contribution is 2.16. The number of carbonyl (C=O) groups excluding carboxylic acids is 2. The maximum Gasteiger partial charge on any atom is 0.289 e. The van der Waals surface area contributed by atoms with Crippen LogP contribution < -0.4 is 5.32 Å². The molecule has 2 amide bonds. The molecule has 0 radical (unpaired) electrons. The normalized spacial score (nSPS) is 15.4. The van der Waals surface area contributed by atoms with E-state index >= 15 is 0 Å². The number of rotatable bonds is 3. The van der Waals surface area contributed by atoms with Gasteiger partial charge in [0.05, 0.1) is 23.6 Å². The minimum atomic E-state index is -0.104. The molecule has 0 bridgehead atoms. The lowest BCUT2D eigenvalue weighted by atomic mass is 10.0. The van der Waals surface area contributed by atoms with Crippen LogP contribution in [0, 0.1) is 0 Å². The summed E-state index contributed by atoms with van der Waals surface area (Å²) in [6.07, 6.45) is 4.56. The Balaban J connectivity index is 1.35. The van der Waals surface area contributed by atoms with Gasteiger partial charge in [-0.25, -0.2) is 4.98 Å². The second kappa shape index (κ2) is 6.43. The smallest absolute Gasteiger partial charge is 0.289 e. The molecule has 0 unspecified atom stereocenters. The van der Waals surface area contributed by atoms with Gasteiger partial charge in [0.2, 0.25) is 0 Å². The van der Waals surface area contributed by atoms with Gasteiger partial charge in [0.25, 0.3) is 11.8 Å². The maximum atomic E-state index is 12.4. The monoisotopic (exact) mass is 338 g/mol. The number of hydrogen-bond acceptors (Lipinski definition) is 4. The van der Waals surface area contributed by atoms with Crippen LogP contribution >= 0.6 is 0 Å². The summed E-state index contributed by atoms with van der Waals surface area (Å²) in [7, 11) is 0. The summed E-state index contributed by atoms with van der Waals surface area (Å²) in [4.78, 5) is 33.6. The first kappa shape index (κ1) is 15.4. The highest BCUT2D eigenvalue weighted by atomic mass is 16.3. The van der Waals surface area contributed by atoms with Crippen LogP contribution in [0.25, 0.3) is 11.0 Å². The van der Waals surface area contributed by atoms with Crippen molar-refractivity contribution in [2.75, 3.05) is 13.1 Å². The number of likely N-dealkylation sites (tertiary alicyclic amines) is 1. The number of aromatic amines is 1. The molecule has 3 heterocycles. The van der Waals surface area contributed by atoms with Gasteiger partial charge in [0, 0.05) is 24.7 Å². The Morgan fingerprint density at radius 2 is 2.08 bits per heavy atom. The van der Waals surface area contributed by atoms with Crippen molar-refractivity contribution < 1.29 is 14.0 Å². The standard InChI is InChI=1S/C18H18N4O3/c23-17(12-3-4-14-15(10-12)20-11-19-14)21-13-5-7-22(8-6-13)18(24)16-2-1-9-25-16/h1-4,9-11,13H,5-8H2,(H,19,20)(H,21,23). The van der Waals surface area contributed by atoms with Gasteiger partial charge in [-0.05, 0) is 43.2 Å². The van der Waals surface area contributed by atoms with Crippen molar-refractivity contribution in [2.24, 2.45) is 0 Å². The number of carbonyl (C=O) groups is 2. The van der Waals surface area contributed by atoms with Gasteiger partial charge in [-0.1, -0.05) is 0 Å². The van der Waals surface area contributed by atoms with E-state index in [4.69, 9.17) is 4.42 Å². The second-order valence-corrected chi connectivity index (χ2v) is 6.15. The first-order valence-electron chi connectivity index (χ1n) is 8.27. The number of aromatic nitrogens is 2. The lowest BCUT2D eigenvalue weighted by Gasteiger charge is -2.31. The topological polar surface area (TPSA) is 91.2 Å². The maximum absolute atomic E-state index is 12.4. The van der Waals surface area contributed by atoms with Crippen molar-refractivity contribution in [2.45, 2.75) is 18.9 Å². The van der Waals surface area contributed by atoms with E-state index in [0.717, 1.165) is 23.9 Å². The fourth-order valence-electron chi connectivity index (χ4n) is 3.13. The van der Waals surface area contributed by atoms with E-state index in [1.807, 2.05) is 6.07 Å². The zero-order valence-electron chi connectivity index (χ0n) is 13.6. The third-order valence-electron chi connectivity index (χ3n) is 4.53. The van der Waals surface area contributed by atoms with Crippen molar-refractivity contribution in [1.29, 1.82) is 0 Å².